The van der Waals surface area contributed by atoms with E-state index >= 15 is 0 Å². The lowest BCUT2D eigenvalue weighted by Gasteiger charge is -2.30. The lowest BCUT2D eigenvalue weighted by Crippen LogP contribution is -2.40. The van der Waals surface area contributed by atoms with Crippen molar-refractivity contribution in [2.75, 3.05) is 5.32 Å². The van der Waals surface area contributed by atoms with E-state index in [9.17, 15) is 9.18 Å². The van der Waals surface area contributed by atoms with Crippen LogP contribution >= 0.6 is 24.0 Å². The van der Waals surface area contributed by atoms with E-state index in [1.54, 1.807) is 6.07 Å². The molecule has 0 spiro atoms. The third kappa shape index (κ3) is 5.17. The van der Waals surface area contributed by atoms with Gasteiger partial charge < -0.3 is 10.6 Å². The summed E-state index contributed by atoms with van der Waals surface area (Å²) in [5, 5.41) is 7.64. The molecule has 0 aliphatic heterocycles. The van der Waals surface area contributed by atoms with Crippen LogP contribution in [0.2, 0.25) is 5.02 Å². The summed E-state index contributed by atoms with van der Waals surface area (Å²) in [6.45, 7) is 0. The number of pyridine rings is 1. The van der Waals surface area contributed by atoms with Crippen molar-refractivity contribution in [1.82, 2.24) is 10.3 Å². The summed E-state index contributed by atoms with van der Waals surface area (Å²) < 4.78 is 13.5. The highest BCUT2D eigenvalue weighted by molar-refractivity contribution is 6.30. The van der Waals surface area contributed by atoms with Crippen LogP contribution in [0.15, 0.2) is 54.6 Å². The summed E-state index contributed by atoms with van der Waals surface area (Å²) >= 11 is 5.67. The summed E-state index contributed by atoms with van der Waals surface area (Å²) in [5.41, 5.74) is 1.27. The number of carbonyl (C=O) groups excluding carboxylic acids is 1. The van der Waals surface area contributed by atoms with Crippen LogP contribution in [0.4, 0.5) is 10.2 Å². The van der Waals surface area contributed by atoms with Crippen LogP contribution in [-0.2, 0) is 0 Å². The van der Waals surface area contributed by atoms with E-state index in [0.29, 0.717) is 11.6 Å². The zero-order valence-electron chi connectivity index (χ0n) is 15.7. The van der Waals surface area contributed by atoms with Gasteiger partial charge in [0.2, 0.25) is 0 Å². The summed E-state index contributed by atoms with van der Waals surface area (Å²) in [4.78, 5) is 17.0. The van der Waals surface area contributed by atoms with Crippen molar-refractivity contribution in [2.45, 2.75) is 37.8 Å². The topological polar surface area (TPSA) is 54.0 Å². The van der Waals surface area contributed by atoms with Gasteiger partial charge in [-0.05, 0) is 62.1 Å². The number of rotatable bonds is 4. The fourth-order valence-corrected chi connectivity index (χ4v) is 3.76. The standard InChI is InChI=1S/C22H21ClFN3O.ClH/c23-18-11-5-15(13-19(18)24)22(28)26-17-9-7-16(8-10-17)25-21-12-6-14-3-1-2-4-20(14)27-21;/h1-6,11-13,16-17H,7-10H2,(H,25,27)(H,26,28);1H. The number of para-hydroxylation sites is 1. The maximum Gasteiger partial charge on any atom is 0.251 e. The van der Waals surface area contributed by atoms with Crippen molar-refractivity contribution in [3.8, 4) is 0 Å². The van der Waals surface area contributed by atoms with Gasteiger partial charge in [-0.25, -0.2) is 9.37 Å². The summed E-state index contributed by atoms with van der Waals surface area (Å²) in [7, 11) is 0. The molecule has 1 aromatic heterocycles. The first-order valence-corrected chi connectivity index (χ1v) is 9.84. The molecule has 1 amide bonds. The molecular weight excluding hydrogens is 412 g/mol. The molecule has 4 nitrogen and oxygen atoms in total. The number of nitrogens with zero attached hydrogens (tertiary/aromatic N) is 1. The second-order valence-corrected chi connectivity index (χ2v) is 7.59. The minimum absolute atomic E-state index is 0. The smallest absolute Gasteiger partial charge is 0.251 e. The lowest BCUT2D eigenvalue weighted by atomic mass is 9.91. The van der Waals surface area contributed by atoms with Crippen molar-refractivity contribution in [3.05, 3.63) is 71.0 Å². The zero-order chi connectivity index (χ0) is 19.5. The maximum atomic E-state index is 13.5. The van der Waals surface area contributed by atoms with Gasteiger partial charge in [-0.15, -0.1) is 12.4 Å². The van der Waals surface area contributed by atoms with Crippen LogP contribution in [0.3, 0.4) is 0 Å². The van der Waals surface area contributed by atoms with Crippen LogP contribution in [0.25, 0.3) is 10.9 Å². The highest BCUT2D eigenvalue weighted by Gasteiger charge is 2.23. The molecule has 0 radical (unpaired) electrons. The molecular formula is C22H22Cl2FN3O. The van der Waals surface area contributed by atoms with Gasteiger partial charge in [0.1, 0.15) is 11.6 Å². The number of halogens is 3. The largest absolute Gasteiger partial charge is 0.367 e. The molecule has 1 heterocycles. The van der Waals surface area contributed by atoms with Crippen molar-refractivity contribution in [2.24, 2.45) is 0 Å². The van der Waals surface area contributed by atoms with Crippen molar-refractivity contribution < 1.29 is 9.18 Å². The molecule has 1 fully saturated rings. The van der Waals surface area contributed by atoms with Gasteiger partial charge in [-0.2, -0.15) is 0 Å². The molecule has 0 bridgehead atoms. The number of anilines is 1. The Morgan fingerprint density at radius 3 is 2.48 bits per heavy atom. The van der Waals surface area contributed by atoms with Gasteiger partial charge in [0, 0.05) is 23.0 Å². The third-order valence-corrected chi connectivity index (χ3v) is 5.50. The van der Waals surface area contributed by atoms with E-state index in [1.165, 1.54) is 12.1 Å². The molecule has 1 saturated carbocycles. The predicted molar refractivity (Wildman–Crippen MR) is 118 cm³/mol. The van der Waals surface area contributed by atoms with Gasteiger partial charge >= 0.3 is 0 Å². The van der Waals surface area contributed by atoms with Gasteiger partial charge in [-0.3, -0.25) is 4.79 Å². The number of amides is 1. The molecule has 1 aliphatic carbocycles. The Labute approximate surface area is 180 Å². The summed E-state index contributed by atoms with van der Waals surface area (Å²) in [6, 6.07) is 16.7. The number of hydrogen-bond acceptors (Lipinski definition) is 3. The number of hydrogen-bond donors (Lipinski definition) is 2. The molecule has 7 heteroatoms. The van der Waals surface area contributed by atoms with Crippen LogP contribution in [0.1, 0.15) is 36.0 Å². The van der Waals surface area contributed by atoms with E-state index < -0.39 is 5.82 Å². The highest BCUT2D eigenvalue weighted by atomic mass is 35.5. The van der Waals surface area contributed by atoms with Gasteiger partial charge in [0.25, 0.3) is 5.91 Å². The molecule has 29 heavy (non-hydrogen) atoms. The van der Waals surface area contributed by atoms with E-state index in [0.717, 1.165) is 42.4 Å². The number of nitrogens with one attached hydrogen (secondary N) is 2. The van der Waals surface area contributed by atoms with E-state index in [2.05, 4.69) is 21.7 Å². The molecule has 4 rings (SSSR count). The number of benzene rings is 2. The minimum Gasteiger partial charge on any atom is -0.367 e. The second-order valence-electron chi connectivity index (χ2n) is 7.18. The Morgan fingerprint density at radius 1 is 1.00 bits per heavy atom. The van der Waals surface area contributed by atoms with Crippen molar-refractivity contribution in [1.29, 1.82) is 0 Å². The SMILES string of the molecule is Cl.O=C(NC1CCC(Nc2ccc3ccccc3n2)CC1)c1ccc(Cl)c(F)c1. The molecule has 1 aliphatic rings. The van der Waals surface area contributed by atoms with Gasteiger partial charge in [-0.1, -0.05) is 29.8 Å². The van der Waals surface area contributed by atoms with Crippen LogP contribution in [0.5, 0.6) is 0 Å². The van der Waals surface area contributed by atoms with E-state index in [1.807, 2.05) is 30.3 Å². The normalized spacial score (nSPS) is 18.7. The number of fused-ring (bicyclic) bond motifs is 1. The van der Waals surface area contributed by atoms with Gasteiger partial charge in [0.05, 0.1) is 10.5 Å². The van der Waals surface area contributed by atoms with E-state index in [-0.39, 0.29) is 29.4 Å². The van der Waals surface area contributed by atoms with E-state index in [4.69, 9.17) is 11.6 Å². The molecule has 0 saturated heterocycles. The quantitative estimate of drug-likeness (QED) is 0.562. The Balaban J connectivity index is 0.00000240. The maximum absolute atomic E-state index is 13.5. The number of aromatic nitrogens is 1. The molecule has 2 N–H and O–H groups in total. The second kappa shape index (κ2) is 9.42. The Bertz CT molecular complexity index is 1010. The Morgan fingerprint density at radius 2 is 1.72 bits per heavy atom. The zero-order valence-corrected chi connectivity index (χ0v) is 17.3. The Kier molecular flexibility index (Phi) is 6.93. The fraction of sp³-hybridized carbons (Fsp3) is 0.273. The van der Waals surface area contributed by atoms with Crippen molar-refractivity contribution in [3.63, 3.8) is 0 Å². The lowest BCUT2D eigenvalue weighted by molar-refractivity contribution is 0.0926. The van der Waals surface area contributed by atoms with Crippen LogP contribution in [-0.4, -0.2) is 23.0 Å². The molecule has 2 aromatic carbocycles. The molecule has 3 aromatic rings. The first-order chi connectivity index (χ1) is 13.6. The highest BCUT2D eigenvalue weighted by Crippen LogP contribution is 2.23. The fourth-order valence-electron chi connectivity index (χ4n) is 3.64. The van der Waals surface area contributed by atoms with Crippen LogP contribution in [0, 0.1) is 5.82 Å². The Hall–Kier alpha value is -2.37. The van der Waals surface area contributed by atoms with Crippen LogP contribution < -0.4 is 10.6 Å². The third-order valence-electron chi connectivity index (χ3n) is 5.19. The summed E-state index contributed by atoms with van der Waals surface area (Å²) in [6.07, 6.45) is 3.61. The average molecular weight is 434 g/mol. The first kappa shape index (κ1) is 21.3. The number of carbonyl (C=O) groups is 1. The van der Waals surface area contributed by atoms with Gasteiger partial charge in [0.15, 0.2) is 0 Å². The summed E-state index contributed by atoms with van der Waals surface area (Å²) in [5.74, 6) is 0.0381. The molecule has 0 atom stereocenters. The average Bonchev–Trinajstić information content (AvgIpc) is 2.71. The van der Waals surface area contributed by atoms with Crippen molar-refractivity contribution >= 4 is 46.6 Å². The molecule has 152 valence electrons. The first-order valence-electron chi connectivity index (χ1n) is 9.47. The minimum atomic E-state index is -0.579. The molecule has 0 unspecified atom stereocenters. The monoisotopic (exact) mass is 433 g/mol. The predicted octanol–water partition coefficient (Wildman–Crippen LogP) is 5.60.